The van der Waals surface area contributed by atoms with Crippen molar-refractivity contribution < 1.29 is 20.1 Å². The Labute approximate surface area is 198 Å². The van der Waals surface area contributed by atoms with E-state index in [1.54, 1.807) is 0 Å². The highest BCUT2D eigenvalue weighted by atomic mass is 16.4. The Morgan fingerprint density at radius 1 is 1.24 bits per heavy atom. The molecular weight excluding hydrogens is 416 g/mol. The summed E-state index contributed by atoms with van der Waals surface area (Å²) in [6, 6.07) is 4.19. The summed E-state index contributed by atoms with van der Waals surface area (Å²) < 4.78 is 0. The normalized spacial score (nSPS) is 38.3. The van der Waals surface area contributed by atoms with Crippen molar-refractivity contribution in [3.63, 3.8) is 0 Å². The Kier molecular flexibility index (Phi) is 8.46. The van der Waals surface area contributed by atoms with Crippen LogP contribution in [0.5, 0.6) is 0 Å². The molecule has 33 heavy (non-hydrogen) atoms. The monoisotopic (exact) mass is 460 g/mol. The molecule has 3 fully saturated rings. The van der Waals surface area contributed by atoms with E-state index in [0.717, 1.165) is 39.3 Å². The molecule has 0 spiro atoms. The lowest BCUT2D eigenvalue weighted by Gasteiger charge is -2.56. The van der Waals surface area contributed by atoms with Crippen molar-refractivity contribution in [2.45, 2.75) is 78.4 Å². The van der Waals surface area contributed by atoms with Crippen molar-refractivity contribution in [1.82, 2.24) is 10.3 Å². The van der Waals surface area contributed by atoms with Gasteiger partial charge in [-0.25, -0.2) is 0 Å². The summed E-state index contributed by atoms with van der Waals surface area (Å²) >= 11 is 0. The highest BCUT2D eigenvalue weighted by molar-refractivity contribution is 5.62. The third-order valence-electron chi connectivity index (χ3n) is 9.32. The van der Waals surface area contributed by atoms with E-state index in [1.165, 1.54) is 37.0 Å². The zero-order valence-electron chi connectivity index (χ0n) is 20.6. The van der Waals surface area contributed by atoms with Gasteiger partial charge >= 0.3 is 0 Å². The molecule has 4 rings (SSSR count). The van der Waals surface area contributed by atoms with Crippen LogP contribution in [0.1, 0.15) is 71.4 Å². The third-order valence-corrected chi connectivity index (χ3v) is 9.32. The highest BCUT2D eigenvalue weighted by Gasteiger charge is 2.56. The number of nitrogens with one attached hydrogen (secondary N) is 2. The molecule has 3 aliphatic carbocycles. The van der Waals surface area contributed by atoms with Gasteiger partial charge in [-0.3, -0.25) is 4.79 Å². The Balaban J connectivity index is 0.000000709. The number of carbonyl (C=O) groups is 1. The summed E-state index contributed by atoms with van der Waals surface area (Å²) in [5.74, 6) is 1.23. The van der Waals surface area contributed by atoms with Gasteiger partial charge in [0.1, 0.15) is 0 Å². The van der Waals surface area contributed by atoms with Gasteiger partial charge < -0.3 is 25.6 Å². The minimum Gasteiger partial charge on any atom is -0.481 e. The summed E-state index contributed by atoms with van der Waals surface area (Å²) in [7, 11) is 0. The molecule has 0 amide bonds. The van der Waals surface area contributed by atoms with Crippen LogP contribution in [0, 0.1) is 34.5 Å². The quantitative estimate of drug-likeness (QED) is 0.406. The van der Waals surface area contributed by atoms with Crippen molar-refractivity contribution in [3.05, 3.63) is 36.2 Å². The average Bonchev–Trinajstić information content (AvgIpc) is 3.38. The number of allylic oxidation sites excluding steroid dienone is 1. The van der Waals surface area contributed by atoms with Crippen molar-refractivity contribution in [1.29, 1.82) is 0 Å². The Morgan fingerprint density at radius 3 is 2.61 bits per heavy atom. The Hall–Kier alpha value is -1.63. The lowest BCUT2D eigenvalue weighted by molar-refractivity contribution is -0.134. The maximum Gasteiger partial charge on any atom is 0.300 e. The van der Waals surface area contributed by atoms with E-state index in [-0.39, 0.29) is 29.5 Å². The molecule has 1 aromatic rings. The second kappa shape index (κ2) is 10.7. The van der Waals surface area contributed by atoms with Gasteiger partial charge in [0.25, 0.3) is 5.97 Å². The first-order valence-corrected chi connectivity index (χ1v) is 12.6. The van der Waals surface area contributed by atoms with Gasteiger partial charge in [-0.1, -0.05) is 26.0 Å². The lowest BCUT2D eigenvalue weighted by atomic mass is 9.49. The van der Waals surface area contributed by atoms with Crippen LogP contribution in [0.3, 0.4) is 0 Å². The Bertz CT molecular complexity index is 790. The van der Waals surface area contributed by atoms with E-state index in [4.69, 9.17) is 9.90 Å². The number of hydrogen-bond donors (Lipinski definition) is 5. The first-order valence-electron chi connectivity index (χ1n) is 12.6. The molecule has 6 nitrogen and oxygen atoms in total. The summed E-state index contributed by atoms with van der Waals surface area (Å²) in [4.78, 5) is 12.3. The smallest absolute Gasteiger partial charge is 0.300 e. The van der Waals surface area contributed by atoms with Gasteiger partial charge in [-0.2, -0.15) is 0 Å². The average molecular weight is 461 g/mol. The molecule has 1 aromatic heterocycles. The van der Waals surface area contributed by atoms with Crippen molar-refractivity contribution in [2.75, 3.05) is 13.2 Å². The van der Waals surface area contributed by atoms with Crippen LogP contribution in [0.4, 0.5) is 0 Å². The van der Waals surface area contributed by atoms with Crippen molar-refractivity contribution in [3.8, 4) is 0 Å². The number of aliphatic carboxylic acids is 1. The standard InChI is InChI=1S/C25H40N2O2.C2H4O2/c1-17-6-7-22-21(15-26-14-19-5-4-12-27-19)23(9-11-24(17,22)2)25(3)10-8-20(29)13-18(25)16-28;1-2(3)4/h4-5,12,18,20-23,26-29H,1,6-11,13-16H2,2-3H3;1H3,(H,3,4)/t18-,20+,21+,22+,23+,24-,25+;/m1./s1. The highest BCUT2D eigenvalue weighted by Crippen LogP contribution is 2.63. The number of H-pyrrole nitrogens is 1. The number of aromatic amines is 1. The fourth-order valence-corrected chi connectivity index (χ4v) is 7.32. The van der Waals surface area contributed by atoms with E-state index >= 15 is 0 Å². The minimum atomic E-state index is -0.833. The second-order valence-electron chi connectivity index (χ2n) is 11.1. The third kappa shape index (κ3) is 5.55. The van der Waals surface area contributed by atoms with Crippen LogP contribution in [-0.4, -0.2) is 45.5 Å². The van der Waals surface area contributed by atoms with Crippen LogP contribution in [-0.2, 0) is 11.3 Å². The summed E-state index contributed by atoms with van der Waals surface area (Å²) in [6.07, 6.45) is 9.25. The predicted molar refractivity (Wildman–Crippen MR) is 131 cm³/mol. The number of aliphatic hydroxyl groups is 2. The number of carboxylic acids is 1. The van der Waals surface area contributed by atoms with Gasteiger partial charge in [-0.15, -0.1) is 0 Å². The fraction of sp³-hybridized carbons (Fsp3) is 0.741. The predicted octanol–water partition coefficient (Wildman–Crippen LogP) is 4.35. The summed E-state index contributed by atoms with van der Waals surface area (Å²) in [5.41, 5.74) is 3.07. The Morgan fingerprint density at radius 2 is 1.97 bits per heavy atom. The van der Waals surface area contributed by atoms with Gasteiger partial charge in [0.15, 0.2) is 0 Å². The second-order valence-corrected chi connectivity index (χ2v) is 11.1. The van der Waals surface area contributed by atoms with Gasteiger partial charge in [-0.05, 0) is 98.1 Å². The van der Waals surface area contributed by atoms with E-state index in [9.17, 15) is 10.2 Å². The molecule has 0 radical (unpaired) electrons. The fourth-order valence-electron chi connectivity index (χ4n) is 7.32. The van der Waals surface area contributed by atoms with E-state index < -0.39 is 5.97 Å². The minimum absolute atomic E-state index is 0.109. The molecule has 0 unspecified atom stereocenters. The van der Waals surface area contributed by atoms with Crippen LogP contribution >= 0.6 is 0 Å². The van der Waals surface area contributed by atoms with E-state index in [1.807, 2.05) is 6.20 Å². The number of aromatic nitrogens is 1. The largest absolute Gasteiger partial charge is 0.481 e. The van der Waals surface area contributed by atoms with Crippen LogP contribution in [0.15, 0.2) is 30.5 Å². The van der Waals surface area contributed by atoms with Crippen LogP contribution < -0.4 is 5.32 Å². The number of aliphatic hydroxyl groups excluding tert-OH is 2. The van der Waals surface area contributed by atoms with Gasteiger partial charge in [0.05, 0.1) is 6.10 Å². The molecule has 7 atom stereocenters. The first-order chi connectivity index (χ1) is 15.6. The number of hydrogen-bond acceptors (Lipinski definition) is 4. The van der Waals surface area contributed by atoms with E-state index in [2.05, 4.69) is 42.9 Å². The molecule has 0 bridgehead atoms. The molecule has 6 heteroatoms. The summed E-state index contributed by atoms with van der Waals surface area (Å²) in [5, 5.41) is 31.6. The molecule has 0 aromatic carbocycles. The molecule has 5 N–H and O–H groups in total. The molecular formula is C27H44N2O4. The van der Waals surface area contributed by atoms with Crippen molar-refractivity contribution in [2.24, 2.45) is 34.5 Å². The van der Waals surface area contributed by atoms with Crippen LogP contribution in [0.25, 0.3) is 0 Å². The molecule has 3 saturated carbocycles. The SMILES string of the molecule is C=C1CC[C@H]2[C@H](CNCc3ccc[nH]3)[C@@H]([C@@]3(C)CC[C@H](O)C[C@@H]3CO)CC[C@]12C.CC(=O)O. The summed E-state index contributed by atoms with van der Waals surface area (Å²) in [6.45, 7) is 12.5. The molecule has 1 heterocycles. The van der Waals surface area contributed by atoms with E-state index in [0.29, 0.717) is 17.8 Å². The lowest BCUT2D eigenvalue weighted by Crippen LogP contribution is -2.53. The number of carboxylic acid groups (broad SMARTS) is 1. The number of rotatable bonds is 6. The molecule has 186 valence electrons. The first kappa shape index (κ1) is 26.0. The maximum atomic E-state index is 10.2. The molecule has 0 aliphatic heterocycles. The van der Waals surface area contributed by atoms with Crippen molar-refractivity contribution >= 4 is 5.97 Å². The van der Waals surface area contributed by atoms with Gasteiger partial charge in [0.2, 0.25) is 0 Å². The van der Waals surface area contributed by atoms with Gasteiger partial charge in [0, 0.05) is 32.0 Å². The zero-order valence-corrected chi connectivity index (χ0v) is 20.6. The zero-order chi connectivity index (χ0) is 24.2. The molecule has 3 aliphatic rings. The number of fused-ring (bicyclic) bond motifs is 1. The maximum absolute atomic E-state index is 10.2. The topological polar surface area (TPSA) is 106 Å². The van der Waals surface area contributed by atoms with Crippen LogP contribution in [0.2, 0.25) is 0 Å². The molecule has 0 saturated heterocycles.